The molecule has 7 rings (SSSR count). The molecule has 3 aromatic heterocycles. The lowest BCUT2D eigenvalue weighted by molar-refractivity contribution is 0.464. The molecule has 0 saturated carbocycles. The molecule has 0 fully saturated rings. The van der Waals surface area contributed by atoms with E-state index >= 15 is 0 Å². The number of benzene rings is 4. The summed E-state index contributed by atoms with van der Waals surface area (Å²) < 4.78 is 8.49. The maximum Gasteiger partial charge on any atom is 0.219 e. The smallest absolute Gasteiger partial charge is 0.219 e. The highest BCUT2D eigenvalue weighted by Gasteiger charge is 2.15. The van der Waals surface area contributed by atoms with Crippen molar-refractivity contribution in [3.05, 3.63) is 140 Å². The quantitative estimate of drug-likeness (QED) is 0.243. The fourth-order valence-corrected chi connectivity index (χ4v) is 4.97. The van der Waals surface area contributed by atoms with Crippen molar-refractivity contribution in [2.24, 2.45) is 0 Å². The Morgan fingerprint density at radius 2 is 1.26 bits per heavy atom. The lowest BCUT2D eigenvalue weighted by Crippen LogP contribution is -1.98. The molecule has 0 amide bonds. The van der Waals surface area contributed by atoms with Crippen LogP contribution in [0, 0.1) is 0 Å². The highest BCUT2D eigenvalue weighted by Crippen LogP contribution is 2.35. The van der Waals surface area contributed by atoms with E-state index in [1.54, 1.807) is 0 Å². The fraction of sp³-hybridized carbons (Fsp3) is 0. The number of aromatic nitrogens is 3. The van der Waals surface area contributed by atoms with Crippen LogP contribution in [0.25, 0.3) is 50.0 Å². The first-order valence-corrected chi connectivity index (χ1v) is 12.6. The molecule has 0 atom stereocenters. The van der Waals surface area contributed by atoms with Crippen molar-refractivity contribution in [2.75, 3.05) is 0 Å². The molecule has 0 saturated heterocycles. The van der Waals surface area contributed by atoms with E-state index in [1.807, 2.05) is 72.9 Å². The van der Waals surface area contributed by atoms with Crippen LogP contribution in [0.3, 0.4) is 0 Å². The Morgan fingerprint density at radius 1 is 0.526 bits per heavy atom. The third kappa shape index (κ3) is 3.98. The number of nitrogens with zero attached hydrogens (tertiary/aromatic N) is 3. The van der Waals surface area contributed by atoms with Gasteiger partial charge in [0.25, 0.3) is 0 Å². The van der Waals surface area contributed by atoms with Gasteiger partial charge in [0.1, 0.15) is 11.6 Å². The topological polar surface area (TPSA) is 39.9 Å². The monoisotopic (exact) mass is 489 g/mol. The predicted octanol–water partition coefficient (Wildman–Crippen LogP) is 8.70. The summed E-state index contributed by atoms with van der Waals surface area (Å²) in [5.74, 6) is 2.13. The maximum atomic E-state index is 6.28. The van der Waals surface area contributed by atoms with Crippen LogP contribution in [-0.2, 0) is 0 Å². The average molecular weight is 490 g/mol. The molecule has 38 heavy (non-hydrogen) atoms. The summed E-state index contributed by atoms with van der Waals surface area (Å²) in [4.78, 5) is 9.52. The van der Waals surface area contributed by atoms with Gasteiger partial charge in [0, 0.05) is 34.7 Å². The highest BCUT2D eigenvalue weighted by molar-refractivity contribution is 6.09. The molecule has 0 bridgehead atoms. The van der Waals surface area contributed by atoms with Crippen molar-refractivity contribution in [1.82, 2.24) is 14.5 Å². The first-order valence-electron chi connectivity index (χ1n) is 12.6. The van der Waals surface area contributed by atoms with E-state index in [-0.39, 0.29) is 0 Å². The maximum absolute atomic E-state index is 6.28. The van der Waals surface area contributed by atoms with Crippen LogP contribution in [0.5, 0.6) is 11.6 Å². The summed E-state index contributed by atoms with van der Waals surface area (Å²) in [5, 5.41) is 2.32. The molecular weight excluding hydrogens is 466 g/mol. The van der Waals surface area contributed by atoms with Gasteiger partial charge in [-0.05, 0) is 47.5 Å². The minimum atomic E-state index is 0.553. The number of hydrogen-bond donors (Lipinski definition) is 0. The van der Waals surface area contributed by atoms with Gasteiger partial charge in [0.2, 0.25) is 5.88 Å². The van der Waals surface area contributed by atoms with Crippen molar-refractivity contribution in [2.45, 2.75) is 0 Å². The molecule has 0 radical (unpaired) electrons. The van der Waals surface area contributed by atoms with Crippen molar-refractivity contribution in [3.8, 4) is 39.8 Å². The average Bonchev–Trinajstić information content (AvgIpc) is 3.32. The van der Waals surface area contributed by atoms with Crippen LogP contribution < -0.4 is 4.74 Å². The Bertz CT molecular complexity index is 1890. The minimum Gasteiger partial charge on any atom is -0.439 e. The lowest BCUT2D eigenvalue weighted by Gasteiger charge is -2.10. The Morgan fingerprint density at radius 3 is 2.11 bits per heavy atom. The zero-order chi connectivity index (χ0) is 25.3. The zero-order valence-electron chi connectivity index (χ0n) is 20.5. The van der Waals surface area contributed by atoms with Crippen LogP contribution in [0.4, 0.5) is 0 Å². The molecule has 4 aromatic carbocycles. The summed E-state index contributed by atoms with van der Waals surface area (Å²) in [7, 11) is 0. The molecule has 0 aliphatic heterocycles. The minimum absolute atomic E-state index is 0.553. The molecule has 4 nitrogen and oxygen atoms in total. The molecule has 7 aromatic rings. The molecular formula is C34H23N3O. The summed E-state index contributed by atoms with van der Waals surface area (Å²) in [5.41, 5.74) is 6.33. The highest BCUT2D eigenvalue weighted by atomic mass is 16.5. The molecule has 0 aliphatic carbocycles. The zero-order valence-corrected chi connectivity index (χ0v) is 20.5. The van der Waals surface area contributed by atoms with Gasteiger partial charge in [-0.2, -0.15) is 0 Å². The van der Waals surface area contributed by atoms with Crippen LogP contribution >= 0.6 is 0 Å². The Kier molecular flexibility index (Phi) is 5.41. The summed E-state index contributed by atoms with van der Waals surface area (Å²) in [6.45, 7) is 0. The Hall–Kier alpha value is -5.22. The summed E-state index contributed by atoms with van der Waals surface area (Å²) in [6, 6.07) is 45.2. The van der Waals surface area contributed by atoms with Gasteiger partial charge in [-0.3, -0.25) is 4.57 Å². The van der Waals surface area contributed by atoms with E-state index < -0.39 is 0 Å². The van der Waals surface area contributed by atoms with E-state index in [1.165, 1.54) is 5.39 Å². The Labute approximate surface area is 220 Å². The third-order valence-corrected chi connectivity index (χ3v) is 6.74. The first-order chi connectivity index (χ1) is 18.8. The van der Waals surface area contributed by atoms with Gasteiger partial charge in [-0.1, -0.05) is 84.9 Å². The number of rotatable bonds is 5. The first kappa shape index (κ1) is 22.0. The third-order valence-electron chi connectivity index (χ3n) is 6.74. The van der Waals surface area contributed by atoms with E-state index in [0.717, 1.165) is 50.4 Å². The van der Waals surface area contributed by atoms with Crippen molar-refractivity contribution < 1.29 is 4.74 Å². The molecule has 0 aliphatic rings. The van der Waals surface area contributed by atoms with Crippen molar-refractivity contribution in [1.29, 1.82) is 0 Å². The van der Waals surface area contributed by atoms with Gasteiger partial charge in [0.15, 0.2) is 0 Å². The summed E-state index contributed by atoms with van der Waals surface area (Å²) >= 11 is 0. The fourth-order valence-electron chi connectivity index (χ4n) is 4.97. The molecule has 0 spiro atoms. The number of pyridine rings is 2. The van der Waals surface area contributed by atoms with Gasteiger partial charge >= 0.3 is 0 Å². The van der Waals surface area contributed by atoms with E-state index in [2.05, 4.69) is 71.3 Å². The normalized spacial score (nSPS) is 11.2. The van der Waals surface area contributed by atoms with Crippen LogP contribution in [-0.4, -0.2) is 14.5 Å². The van der Waals surface area contributed by atoms with Crippen molar-refractivity contribution >= 4 is 21.8 Å². The number of fused-ring (bicyclic) bond motifs is 3. The molecule has 180 valence electrons. The van der Waals surface area contributed by atoms with Crippen LogP contribution in [0.2, 0.25) is 0 Å². The number of para-hydroxylation sites is 1. The van der Waals surface area contributed by atoms with Gasteiger partial charge in [-0.25, -0.2) is 9.97 Å². The molecule has 3 heterocycles. The summed E-state index contributed by atoms with van der Waals surface area (Å²) in [6.07, 6.45) is 1.87. The number of hydrogen-bond acceptors (Lipinski definition) is 3. The Balaban J connectivity index is 1.34. The molecule has 0 N–H and O–H groups in total. The largest absolute Gasteiger partial charge is 0.439 e. The van der Waals surface area contributed by atoms with Crippen LogP contribution in [0.1, 0.15) is 0 Å². The van der Waals surface area contributed by atoms with E-state index in [0.29, 0.717) is 5.88 Å². The molecule has 0 unspecified atom stereocenters. The van der Waals surface area contributed by atoms with Gasteiger partial charge in [-0.15, -0.1) is 0 Å². The standard InChI is InChI=1S/C34H23N3O/c1-3-10-24(11-4-1)26-20-21-35-33(22-26)37-31-16-8-7-14-28(31)29-19-18-27(23-32(29)37)38-34-17-9-15-30(36-34)25-12-5-2-6-13-25/h1-23H. The number of ether oxygens (including phenoxy) is 1. The van der Waals surface area contributed by atoms with Crippen LogP contribution in [0.15, 0.2) is 140 Å². The second-order valence-corrected chi connectivity index (χ2v) is 9.13. The van der Waals surface area contributed by atoms with E-state index in [4.69, 9.17) is 14.7 Å². The lowest BCUT2D eigenvalue weighted by atomic mass is 10.1. The van der Waals surface area contributed by atoms with Gasteiger partial charge in [0.05, 0.1) is 16.7 Å². The second kappa shape index (κ2) is 9.34. The SMILES string of the molecule is c1ccc(-c2ccnc(-n3c4ccccc4c4ccc(Oc5cccc(-c6ccccc6)n5)cc43)c2)cc1. The second-order valence-electron chi connectivity index (χ2n) is 9.13. The predicted molar refractivity (Wildman–Crippen MR) is 154 cm³/mol. The van der Waals surface area contributed by atoms with E-state index in [9.17, 15) is 0 Å². The van der Waals surface area contributed by atoms with Gasteiger partial charge < -0.3 is 4.74 Å². The van der Waals surface area contributed by atoms with Crippen molar-refractivity contribution in [3.63, 3.8) is 0 Å². The molecule has 4 heteroatoms.